The van der Waals surface area contributed by atoms with Gasteiger partial charge in [-0.05, 0) is 11.6 Å². The van der Waals surface area contributed by atoms with Crippen molar-refractivity contribution >= 4 is 17.3 Å². The lowest BCUT2D eigenvalue weighted by Crippen LogP contribution is -2.03. The topological polar surface area (TPSA) is 52.1 Å². The Bertz CT molecular complexity index is 784. The first-order chi connectivity index (χ1) is 10.8. The van der Waals surface area contributed by atoms with Crippen molar-refractivity contribution in [2.24, 2.45) is 0 Å². The van der Waals surface area contributed by atoms with Gasteiger partial charge in [0.15, 0.2) is 0 Å². The maximum Gasteiger partial charge on any atom is 0.339 e. The van der Waals surface area contributed by atoms with E-state index in [4.69, 9.17) is 4.74 Å². The minimum atomic E-state index is -0.377. The number of carbonyl (C=O) groups excluding carboxylic acids is 1. The quantitative estimate of drug-likeness (QED) is 0.691. The van der Waals surface area contributed by atoms with Crippen molar-refractivity contribution in [2.45, 2.75) is 6.42 Å². The number of hydrogen-bond acceptors (Lipinski definition) is 5. The summed E-state index contributed by atoms with van der Waals surface area (Å²) in [5, 5.41) is 3.03. The standard InChI is InChI=1S/C17H14N2O2S/c1-21-17(20)14-7-12(9-18-10-14)8-15-11-22-16(19-15)13-5-3-2-4-6-13/h2-7,9-11H,8H2,1H3. The Balaban J connectivity index is 1.80. The van der Waals surface area contributed by atoms with Gasteiger partial charge >= 0.3 is 5.97 Å². The van der Waals surface area contributed by atoms with Crippen LogP contribution in [0, 0.1) is 0 Å². The van der Waals surface area contributed by atoms with Crippen LogP contribution in [-0.2, 0) is 11.2 Å². The van der Waals surface area contributed by atoms with E-state index < -0.39 is 0 Å². The summed E-state index contributed by atoms with van der Waals surface area (Å²) in [7, 11) is 1.36. The summed E-state index contributed by atoms with van der Waals surface area (Å²) >= 11 is 1.61. The van der Waals surface area contributed by atoms with E-state index in [1.807, 2.05) is 35.7 Å². The number of nitrogens with zero attached hydrogens (tertiary/aromatic N) is 2. The number of pyridine rings is 1. The highest BCUT2D eigenvalue weighted by molar-refractivity contribution is 7.13. The van der Waals surface area contributed by atoms with E-state index in [1.165, 1.54) is 13.3 Å². The molecule has 0 atom stereocenters. The highest BCUT2D eigenvalue weighted by atomic mass is 32.1. The van der Waals surface area contributed by atoms with Gasteiger partial charge in [0.2, 0.25) is 0 Å². The molecular formula is C17H14N2O2S. The Morgan fingerprint density at radius 1 is 1.23 bits per heavy atom. The van der Waals surface area contributed by atoms with E-state index in [0.29, 0.717) is 12.0 Å². The van der Waals surface area contributed by atoms with Gasteiger partial charge in [0.25, 0.3) is 0 Å². The lowest BCUT2D eigenvalue weighted by Gasteiger charge is -2.02. The van der Waals surface area contributed by atoms with Crippen LogP contribution in [0.3, 0.4) is 0 Å². The fourth-order valence-corrected chi connectivity index (χ4v) is 2.95. The van der Waals surface area contributed by atoms with Crippen LogP contribution in [0.25, 0.3) is 10.6 Å². The highest BCUT2D eigenvalue weighted by Gasteiger charge is 2.09. The molecule has 4 nitrogen and oxygen atoms in total. The van der Waals surface area contributed by atoms with E-state index >= 15 is 0 Å². The molecule has 0 saturated carbocycles. The predicted octanol–water partition coefficient (Wildman–Crippen LogP) is 3.58. The van der Waals surface area contributed by atoms with Crippen LogP contribution in [0.2, 0.25) is 0 Å². The van der Waals surface area contributed by atoms with Crippen molar-refractivity contribution in [3.8, 4) is 10.6 Å². The molecule has 22 heavy (non-hydrogen) atoms. The van der Waals surface area contributed by atoms with Gasteiger partial charge in [0.05, 0.1) is 18.4 Å². The van der Waals surface area contributed by atoms with Crippen LogP contribution < -0.4 is 0 Å². The first-order valence-corrected chi connectivity index (χ1v) is 7.66. The Morgan fingerprint density at radius 2 is 2.05 bits per heavy atom. The molecule has 2 aromatic heterocycles. The second kappa shape index (κ2) is 6.49. The summed E-state index contributed by atoms with van der Waals surface area (Å²) in [6, 6.07) is 11.9. The molecule has 0 aliphatic heterocycles. The van der Waals surface area contributed by atoms with Crippen LogP contribution in [-0.4, -0.2) is 23.0 Å². The molecule has 0 amide bonds. The van der Waals surface area contributed by atoms with E-state index in [0.717, 1.165) is 21.8 Å². The Hall–Kier alpha value is -2.53. The van der Waals surface area contributed by atoms with E-state index in [1.54, 1.807) is 23.6 Å². The molecule has 0 unspecified atom stereocenters. The molecular weight excluding hydrogens is 296 g/mol. The molecule has 0 aliphatic rings. The highest BCUT2D eigenvalue weighted by Crippen LogP contribution is 2.24. The maximum atomic E-state index is 11.5. The molecule has 5 heteroatoms. The summed E-state index contributed by atoms with van der Waals surface area (Å²) in [5.41, 5.74) is 3.47. The van der Waals surface area contributed by atoms with Crippen molar-refractivity contribution in [1.82, 2.24) is 9.97 Å². The lowest BCUT2D eigenvalue weighted by atomic mass is 10.1. The first kappa shape index (κ1) is 14.4. The van der Waals surface area contributed by atoms with Gasteiger partial charge in [0.1, 0.15) is 5.01 Å². The number of carbonyl (C=O) groups is 1. The molecule has 0 radical (unpaired) electrons. The molecule has 3 aromatic rings. The number of benzene rings is 1. The van der Waals surface area contributed by atoms with E-state index in [-0.39, 0.29) is 5.97 Å². The lowest BCUT2D eigenvalue weighted by molar-refractivity contribution is 0.0600. The molecule has 0 saturated heterocycles. The Labute approximate surface area is 132 Å². The van der Waals surface area contributed by atoms with Gasteiger partial charge in [-0.15, -0.1) is 11.3 Å². The molecule has 0 fully saturated rings. The molecule has 2 heterocycles. The van der Waals surface area contributed by atoms with Crippen LogP contribution in [0.1, 0.15) is 21.6 Å². The number of rotatable bonds is 4. The monoisotopic (exact) mass is 310 g/mol. The van der Waals surface area contributed by atoms with Crippen molar-refractivity contribution in [1.29, 1.82) is 0 Å². The largest absolute Gasteiger partial charge is 0.465 e. The molecule has 0 aliphatic carbocycles. The van der Waals surface area contributed by atoms with Crippen molar-refractivity contribution in [3.05, 3.63) is 71.0 Å². The van der Waals surface area contributed by atoms with E-state index in [2.05, 4.69) is 9.97 Å². The summed E-state index contributed by atoms with van der Waals surface area (Å²) < 4.78 is 4.71. The number of aromatic nitrogens is 2. The van der Waals surface area contributed by atoms with E-state index in [9.17, 15) is 4.79 Å². The van der Waals surface area contributed by atoms with Crippen LogP contribution in [0.15, 0.2) is 54.2 Å². The zero-order valence-electron chi connectivity index (χ0n) is 12.0. The fraction of sp³-hybridized carbons (Fsp3) is 0.118. The fourth-order valence-electron chi connectivity index (χ4n) is 2.12. The molecule has 0 spiro atoms. The second-order valence-electron chi connectivity index (χ2n) is 4.76. The third-order valence-electron chi connectivity index (χ3n) is 3.17. The van der Waals surface area contributed by atoms with Gasteiger partial charge in [0, 0.05) is 29.8 Å². The number of esters is 1. The minimum absolute atomic E-state index is 0.377. The summed E-state index contributed by atoms with van der Waals surface area (Å²) in [6.45, 7) is 0. The third kappa shape index (κ3) is 3.20. The second-order valence-corrected chi connectivity index (χ2v) is 5.62. The molecule has 0 N–H and O–H groups in total. The van der Waals surface area contributed by atoms with Crippen molar-refractivity contribution in [3.63, 3.8) is 0 Å². The van der Waals surface area contributed by atoms with Crippen molar-refractivity contribution < 1.29 is 9.53 Å². The summed E-state index contributed by atoms with van der Waals surface area (Å²) in [5.74, 6) is -0.377. The van der Waals surface area contributed by atoms with Gasteiger partial charge in [-0.2, -0.15) is 0 Å². The smallest absolute Gasteiger partial charge is 0.339 e. The summed E-state index contributed by atoms with van der Waals surface area (Å²) in [4.78, 5) is 20.3. The van der Waals surface area contributed by atoms with Crippen LogP contribution >= 0.6 is 11.3 Å². The Kier molecular flexibility index (Phi) is 4.25. The van der Waals surface area contributed by atoms with Gasteiger partial charge in [-0.3, -0.25) is 4.98 Å². The van der Waals surface area contributed by atoms with Gasteiger partial charge < -0.3 is 4.74 Å². The number of ether oxygens (including phenoxy) is 1. The minimum Gasteiger partial charge on any atom is -0.465 e. The zero-order chi connectivity index (χ0) is 15.4. The van der Waals surface area contributed by atoms with Crippen LogP contribution in [0.4, 0.5) is 0 Å². The normalized spacial score (nSPS) is 10.4. The molecule has 0 bridgehead atoms. The number of thiazole rings is 1. The summed E-state index contributed by atoms with van der Waals surface area (Å²) in [6.07, 6.45) is 3.89. The average molecular weight is 310 g/mol. The third-order valence-corrected chi connectivity index (χ3v) is 4.11. The SMILES string of the molecule is COC(=O)c1cncc(Cc2csc(-c3ccccc3)n2)c1. The zero-order valence-corrected chi connectivity index (χ0v) is 12.8. The van der Waals surface area contributed by atoms with Gasteiger partial charge in [-0.1, -0.05) is 30.3 Å². The van der Waals surface area contributed by atoms with Gasteiger partial charge in [-0.25, -0.2) is 9.78 Å². The molecule has 3 rings (SSSR count). The Morgan fingerprint density at radius 3 is 2.82 bits per heavy atom. The van der Waals surface area contributed by atoms with Crippen molar-refractivity contribution in [2.75, 3.05) is 7.11 Å². The number of methoxy groups -OCH3 is 1. The molecule has 1 aromatic carbocycles. The predicted molar refractivity (Wildman–Crippen MR) is 85.9 cm³/mol. The van der Waals surface area contributed by atoms with Crippen LogP contribution in [0.5, 0.6) is 0 Å². The molecule has 110 valence electrons. The maximum absolute atomic E-state index is 11.5. The number of hydrogen-bond donors (Lipinski definition) is 0. The average Bonchev–Trinajstić information content (AvgIpc) is 3.03. The first-order valence-electron chi connectivity index (χ1n) is 6.78.